The molecular weight excluding hydrogens is 420 g/mol. The smallest absolute Gasteiger partial charge is 0.408 e. The largest absolute Gasteiger partial charge is 0.491 e. The van der Waals surface area contributed by atoms with E-state index in [0.717, 1.165) is 24.2 Å². The second kappa shape index (κ2) is 11.2. The van der Waals surface area contributed by atoms with Crippen molar-refractivity contribution in [3.05, 3.63) is 65.2 Å². The molecule has 176 valence electrons. The normalized spacial score (nSPS) is 18.7. The predicted molar refractivity (Wildman–Crippen MR) is 124 cm³/mol. The average molecular weight is 453 g/mol. The lowest BCUT2D eigenvalue weighted by Crippen LogP contribution is -2.53. The number of fused-ring (bicyclic) bond motifs is 1. The molecule has 1 heterocycles. The third-order valence-electron chi connectivity index (χ3n) is 6.12. The number of ether oxygens (including phenoxy) is 3. The van der Waals surface area contributed by atoms with Gasteiger partial charge in [-0.05, 0) is 61.4 Å². The second-order valence-corrected chi connectivity index (χ2v) is 8.65. The minimum atomic E-state index is -0.686. The molecular formula is C26H32N2O5. The Morgan fingerprint density at radius 3 is 2.73 bits per heavy atom. The number of benzene rings is 2. The first kappa shape index (κ1) is 23.1. The molecule has 0 aromatic heterocycles. The number of alkyl carbamates (subject to hydrolysis) is 1. The number of amides is 2. The van der Waals surface area contributed by atoms with E-state index in [4.69, 9.17) is 14.2 Å². The fraction of sp³-hybridized carbons (Fsp3) is 0.462. The predicted octanol–water partition coefficient (Wildman–Crippen LogP) is 3.49. The minimum Gasteiger partial charge on any atom is -0.491 e. The zero-order chi connectivity index (χ0) is 23.0. The van der Waals surface area contributed by atoms with E-state index < -0.39 is 12.1 Å². The summed E-state index contributed by atoms with van der Waals surface area (Å²) in [6.07, 6.45) is 3.91. The zero-order valence-corrected chi connectivity index (χ0v) is 19.1. The maximum Gasteiger partial charge on any atom is 0.408 e. The maximum absolute atomic E-state index is 12.8. The lowest BCUT2D eigenvalue weighted by Gasteiger charge is -2.34. The van der Waals surface area contributed by atoms with E-state index in [0.29, 0.717) is 26.3 Å². The van der Waals surface area contributed by atoms with Crippen LogP contribution >= 0.6 is 0 Å². The van der Waals surface area contributed by atoms with Crippen molar-refractivity contribution in [2.75, 3.05) is 26.3 Å². The number of nitrogens with zero attached hydrogens (tertiary/aromatic N) is 1. The summed E-state index contributed by atoms with van der Waals surface area (Å²) in [5, 5.41) is 2.62. The molecule has 1 N–H and O–H groups in total. The standard InChI is InChI=1S/C26H32N2O5/c1-19(27-26(30)33-17-20-7-3-2-4-8-20)25(29)28-13-14-31-24(16-28)18-32-23-12-11-21-9-5-6-10-22(21)15-23/h2-4,7-8,11-12,15,19,24H,5-6,9-10,13-14,16-18H2,1H3,(H,27,30). The number of hydrogen-bond acceptors (Lipinski definition) is 5. The van der Waals surface area contributed by atoms with Crippen molar-refractivity contribution in [2.45, 2.75) is 51.4 Å². The zero-order valence-electron chi connectivity index (χ0n) is 19.1. The van der Waals surface area contributed by atoms with Crippen LogP contribution in [0.1, 0.15) is 36.5 Å². The summed E-state index contributed by atoms with van der Waals surface area (Å²) < 4.78 is 17.0. The van der Waals surface area contributed by atoms with Gasteiger partial charge >= 0.3 is 6.09 Å². The van der Waals surface area contributed by atoms with Crippen molar-refractivity contribution in [1.29, 1.82) is 0 Å². The highest BCUT2D eigenvalue weighted by molar-refractivity contribution is 5.85. The van der Waals surface area contributed by atoms with Gasteiger partial charge in [0.05, 0.1) is 13.2 Å². The first-order valence-electron chi connectivity index (χ1n) is 11.7. The van der Waals surface area contributed by atoms with Crippen LogP contribution in [-0.2, 0) is 33.7 Å². The van der Waals surface area contributed by atoms with Gasteiger partial charge in [-0.15, -0.1) is 0 Å². The molecule has 1 saturated heterocycles. The molecule has 4 rings (SSSR count). The van der Waals surface area contributed by atoms with E-state index in [-0.39, 0.29) is 18.6 Å². The molecule has 2 aromatic rings. The SMILES string of the molecule is CC(NC(=O)OCc1ccccc1)C(=O)N1CCOC(COc2ccc3c(c2)CCCC3)C1. The molecule has 2 aliphatic rings. The van der Waals surface area contributed by atoms with Crippen molar-refractivity contribution in [3.8, 4) is 5.75 Å². The van der Waals surface area contributed by atoms with Crippen molar-refractivity contribution < 1.29 is 23.8 Å². The third-order valence-corrected chi connectivity index (χ3v) is 6.12. The molecule has 33 heavy (non-hydrogen) atoms. The molecule has 7 heteroatoms. The van der Waals surface area contributed by atoms with Crippen molar-refractivity contribution >= 4 is 12.0 Å². The highest BCUT2D eigenvalue weighted by Gasteiger charge is 2.29. The van der Waals surface area contributed by atoms with Crippen LogP contribution in [0, 0.1) is 0 Å². The van der Waals surface area contributed by atoms with Gasteiger partial charge in [-0.25, -0.2) is 4.79 Å². The highest BCUT2D eigenvalue weighted by atomic mass is 16.5. The Morgan fingerprint density at radius 2 is 1.91 bits per heavy atom. The van der Waals surface area contributed by atoms with Gasteiger partial charge < -0.3 is 24.4 Å². The number of carbonyl (C=O) groups is 2. The number of rotatable bonds is 7. The molecule has 1 aliphatic heterocycles. The Balaban J connectivity index is 1.22. The Labute approximate surface area is 195 Å². The van der Waals surface area contributed by atoms with Crippen LogP contribution in [0.25, 0.3) is 0 Å². The van der Waals surface area contributed by atoms with Crippen molar-refractivity contribution in [1.82, 2.24) is 10.2 Å². The van der Waals surface area contributed by atoms with E-state index >= 15 is 0 Å². The molecule has 1 aliphatic carbocycles. The maximum atomic E-state index is 12.8. The summed E-state index contributed by atoms with van der Waals surface area (Å²) in [5.74, 6) is 0.688. The molecule has 0 saturated carbocycles. The van der Waals surface area contributed by atoms with Crippen molar-refractivity contribution in [3.63, 3.8) is 0 Å². The molecule has 2 amide bonds. The number of nitrogens with one attached hydrogen (secondary N) is 1. The monoisotopic (exact) mass is 452 g/mol. The second-order valence-electron chi connectivity index (χ2n) is 8.65. The third kappa shape index (κ3) is 6.48. The molecule has 0 bridgehead atoms. The molecule has 2 aromatic carbocycles. The number of carbonyl (C=O) groups excluding carboxylic acids is 2. The Kier molecular flexibility index (Phi) is 7.83. The molecule has 7 nitrogen and oxygen atoms in total. The van der Waals surface area contributed by atoms with Gasteiger partial charge in [0, 0.05) is 6.54 Å². The van der Waals surface area contributed by atoms with E-state index in [1.807, 2.05) is 36.4 Å². The fourth-order valence-corrected chi connectivity index (χ4v) is 4.29. The molecule has 2 atom stereocenters. The molecule has 0 spiro atoms. The van der Waals surface area contributed by atoms with Crippen LogP contribution in [0.5, 0.6) is 5.75 Å². The average Bonchev–Trinajstić information content (AvgIpc) is 2.86. The van der Waals surface area contributed by atoms with Crippen LogP contribution in [0.2, 0.25) is 0 Å². The molecule has 1 fully saturated rings. The quantitative estimate of drug-likeness (QED) is 0.696. The summed E-state index contributed by atoms with van der Waals surface area (Å²) in [6.45, 7) is 3.56. The van der Waals surface area contributed by atoms with Gasteiger partial charge in [0.1, 0.15) is 31.1 Å². The van der Waals surface area contributed by atoms with Gasteiger partial charge in [0.15, 0.2) is 0 Å². The number of morpholine rings is 1. The van der Waals surface area contributed by atoms with Crippen LogP contribution < -0.4 is 10.1 Å². The lowest BCUT2D eigenvalue weighted by atomic mass is 9.92. The number of aryl methyl sites for hydroxylation is 2. The number of hydrogen-bond donors (Lipinski definition) is 1. The van der Waals surface area contributed by atoms with E-state index in [1.54, 1.807) is 11.8 Å². The Bertz CT molecular complexity index is 949. The molecule has 0 radical (unpaired) electrons. The van der Waals surface area contributed by atoms with E-state index in [2.05, 4.69) is 17.4 Å². The van der Waals surface area contributed by atoms with Crippen LogP contribution in [0.4, 0.5) is 4.79 Å². The van der Waals surface area contributed by atoms with E-state index in [1.165, 1.54) is 24.0 Å². The first-order chi connectivity index (χ1) is 16.1. The van der Waals surface area contributed by atoms with Gasteiger partial charge in [-0.3, -0.25) is 4.79 Å². The van der Waals surface area contributed by atoms with Crippen LogP contribution in [-0.4, -0.2) is 55.3 Å². The summed E-state index contributed by atoms with van der Waals surface area (Å²) in [5.41, 5.74) is 3.68. The van der Waals surface area contributed by atoms with Crippen molar-refractivity contribution in [2.24, 2.45) is 0 Å². The topological polar surface area (TPSA) is 77.1 Å². The van der Waals surface area contributed by atoms with E-state index in [9.17, 15) is 9.59 Å². The van der Waals surface area contributed by atoms with Gasteiger partial charge in [0.25, 0.3) is 0 Å². The lowest BCUT2D eigenvalue weighted by molar-refractivity contribution is -0.141. The van der Waals surface area contributed by atoms with Gasteiger partial charge in [-0.1, -0.05) is 36.4 Å². The summed E-state index contributed by atoms with van der Waals surface area (Å²) in [4.78, 5) is 26.7. The summed E-state index contributed by atoms with van der Waals surface area (Å²) >= 11 is 0. The van der Waals surface area contributed by atoms with Crippen LogP contribution in [0.15, 0.2) is 48.5 Å². The highest BCUT2D eigenvalue weighted by Crippen LogP contribution is 2.25. The van der Waals surface area contributed by atoms with Crippen LogP contribution in [0.3, 0.4) is 0 Å². The Morgan fingerprint density at radius 1 is 1.12 bits per heavy atom. The minimum absolute atomic E-state index is 0.159. The Hall–Kier alpha value is -3.06. The van der Waals surface area contributed by atoms with Gasteiger partial charge in [0.2, 0.25) is 5.91 Å². The first-order valence-corrected chi connectivity index (χ1v) is 11.7. The van der Waals surface area contributed by atoms with Gasteiger partial charge in [-0.2, -0.15) is 0 Å². The summed E-state index contributed by atoms with van der Waals surface area (Å²) in [6, 6.07) is 15.0. The fourth-order valence-electron chi connectivity index (χ4n) is 4.29. The summed E-state index contributed by atoms with van der Waals surface area (Å²) in [7, 11) is 0. The molecule has 2 unspecified atom stereocenters.